The smallest absolute Gasteiger partial charge is 0.0484 e. The molecule has 1 aliphatic rings. The molecule has 1 aliphatic carbocycles. The summed E-state index contributed by atoms with van der Waals surface area (Å²) in [4.78, 5) is 1.36. The zero-order valence-corrected chi connectivity index (χ0v) is 8.16. The summed E-state index contributed by atoms with van der Waals surface area (Å²) in [5, 5.41) is 0. The molecule has 0 radical (unpaired) electrons. The Morgan fingerprint density at radius 3 is 2.92 bits per heavy atom. The van der Waals surface area contributed by atoms with E-state index in [2.05, 4.69) is 17.4 Å². The molecule has 1 heterocycles. The second-order valence-electron chi connectivity index (χ2n) is 3.27. The maximum Gasteiger partial charge on any atom is 0.0484 e. The van der Waals surface area contributed by atoms with Crippen molar-refractivity contribution in [2.75, 3.05) is 0 Å². The van der Waals surface area contributed by atoms with Crippen LogP contribution < -0.4 is 0 Å². The molecule has 0 aliphatic heterocycles. The Kier molecular flexibility index (Phi) is 2.26. The van der Waals surface area contributed by atoms with Gasteiger partial charge in [0.25, 0.3) is 0 Å². The quantitative estimate of drug-likeness (QED) is 0.643. The number of hydrogen-bond acceptors (Lipinski definition) is 2. The fraction of sp³-hybridized carbons (Fsp3) is 0.500. The van der Waals surface area contributed by atoms with Crippen LogP contribution in [0, 0.1) is 6.92 Å². The van der Waals surface area contributed by atoms with E-state index in [1.165, 1.54) is 41.7 Å². The van der Waals surface area contributed by atoms with Gasteiger partial charge in [-0.05, 0) is 49.7 Å². The molecular weight excluding hydrogens is 166 g/mol. The van der Waals surface area contributed by atoms with Crippen molar-refractivity contribution in [1.29, 1.82) is 0 Å². The first-order valence-corrected chi connectivity index (χ1v) is 5.26. The van der Waals surface area contributed by atoms with Crippen LogP contribution in [0.15, 0.2) is 12.3 Å². The number of aromatic nitrogens is 1. The van der Waals surface area contributed by atoms with Gasteiger partial charge in [-0.15, -0.1) is 0 Å². The Hall–Kier alpha value is -0.630. The summed E-state index contributed by atoms with van der Waals surface area (Å²) in [6.45, 7) is 2.16. The highest BCUT2D eigenvalue weighted by molar-refractivity contribution is 7.05. The zero-order valence-electron chi connectivity index (χ0n) is 7.34. The molecule has 0 unspecified atom stereocenters. The molecule has 12 heavy (non-hydrogen) atoms. The molecule has 1 aromatic rings. The highest BCUT2D eigenvalue weighted by atomic mass is 32.1. The number of hydrogen-bond donors (Lipinski definition) is 0. The van der Waals surface area contributed by atoms with Crippen LogP contribution in [0.1, 0.15) is 36.1 Å². The van der Waals surface area contributed by atoms with E-state index in [0.717, 1.165) is 0 Å². The zero-order chi connectivity index (χ0) is 8.39. The number of allylic oxidation sites excluding steroid dienone is 2. The Morgan fingerprint density at radius 1 is 1.42 bits per heavy atom. The van der Waals surface area contributed by atoms with Crippen LogP contribution in [0.25, 0.3) is 5.57 Å². The first kappa shape index (κ1) is 7.99. The minimum absolute atomic E-state index is 1.25. The van der Waals surface area contributed by atoms with E-state index in [4.69, 9.17) is 0 Å². The molecule has 1 aromatic heterocycles. The van der Waals surface area contributed by atoms with Crippen molar-refractivity contribution in [2.24, 2.45) is 0 Å². The van der Waals surface area contributed by atoms with E-state index in [1.54, 1.807) is 11.5 Å². The van der Waals surface area contributed by atoms with Gasteiger partial charge in [0.15, 0.2) is 0 Å². The van der Waals surface area contributed by atoms with Crippen LogP contribution in [0.4, 0.5) is 0 Å². The summed E-state index contributed by atoms with van der Waals surface area (Å²) in [6.07, 6.45) is 9.60. The molecular formula is C10H13NS. The van der Waals surface area contributed by atoms with Crippen molar-refractivity contribution in [3.8, 4) is 0 Å². The summed E-state index contributed by atoms with van der Waals surface area (Å²) in [7, 11) is 0. The SMILES string of the molecule is Cc1sncc1C1=CCCCC1. The van der Waals surface area contributed by atoms with Gasteiger partial charge in [-0.25, -0.2) is 4.37 Å². The Morgan fingerprint density at radius 2 is 2.33 bits per heavy atom. The Bertz CT molecular complexity index is 299. The van der Waals surface area contributed by atoms with Gasteiger partial charge in [0.05, 0.1) is 0 Å². The van der Waals surface area contributed by atoms with Gasteiger partial charge in [-0.2, -0.15) is 0 Å². The Labute approximate surface area is 77.3 Å². The van der Waals surface area contributed by atoms with E-state index in [1.807, 2.05) is 6.20 Å². The highest BCUT2D eigenvalue weighted by Crippen LogP contribution is 2.29. The largest absolute Gasteiger partial charge is 0.200 e. The fourth-order valence-corrected chi connectivity index (χ4v) is 2.29. The molecule has 0 aromatic carbocycles. The number of rotatable bonds is 1. The predicted octanol–water partition coefficient (Wildman–Crippen LogP) is 3.41. The van der Waals surface area contributed by atoms with Crippen LogP contribution in [-0.4, -0.2) is 4.37 Å². The second kappa shape index (κ2) is 3.40. The maximum atomic E-state index is 4.20. The second-order valence-corrected chi connectivity index (χ2v) is 4.28. The minimum atomic E-state index is 1.25. The van der Waals surface area contributed by atoms with E-state index in [0.29, 0.717) is 0 Å². The molecule has 1 nitrogen and oxygen atoms in total. The number of aryl methyl sites for hydroxylation is 1. The lowest BCUT2D eigenvalue weighted by Gasteiger charge is -2.11. The molecule has 0 N–H and O–H groups in total. The molecule has 2 heteroatoms. The number of nitrogens with zero attached hydrogens (tertiary/aromatic N) is 1. The van der Waals surface area contributed by atoms with Crippen LogP contribution in [0.5, 0.6) is 0 Å². The predicted molar refractivity (Wildman–Crippen MR) is 53.3 cm³/mol. The molecule has 0 amide bonds. The third-order valence-corrected chi connectivity index (χ3v) is 3.09. The van der Waals surface area contributed by atoms with Gasteiger partial charge >= 0.3 is 0 Å². The van der Waals surface area contributed by atoms with Crippen molar-refractivity contribution < 1.29 is 0 Å². The summed E-state index contributed by atoms with van der Waals surface area (Å²) in [6, 6.07) is 0. The first-order valence-electron chi connectivity index (χ1n) is 4.48. The molecule has 64 valence electrons. The minimum Gasteiger partial charge on any atom is -0.200 e. The van der Waals surface area contributed by atoms with Crippen molar-refractivity contribution in [3.05, 3.63) is 22.7 Å². The maximum absolute atomic E-state index is 4.20. The van der Waals surface area contributed by atoms with Crippen molar-refractivity contribution in [1.82, 2.24) is 4.37 Å². The third kappa shape index (κ3) is 1.44. The molecule has 0 fully saturated rings. The van der Waals surface area contributed by atoms with Gasteiger partial charge in [0, 0.05) is 16.6 Å². The van der Waals surface area contributed by atoms with Crippen LogP contribution >= 0.6 is 11.5 Å². The van der Waals surface area contributed by atoms with Crippen molar-refractivity contribution in [3.63, 3.8) is 0 Å². The standard InChI is InChI=1S/C10H13NS/c1-8-10(7-11-12-8)9-5-3-2-4-6-9/h5,7H,2-4,6H2,1H3. The summed E-state index contributed by atoms with van der Waals surface area (Å²) in [5.41, 5.74) is 2.91. The van der Waals surface area contributed by atoms with Gasteiger partial charge in [-0.1, -0.05) is 6.08 Å². The van der Waals surface area contributed by atoms with Gasteiger partial charge in [0.2, 0.25) is 0 Å². The molecule has 0 spiro atoms. The third-order valence-electron chi connectivity index (χ3n) is 2.39. The highest BCUT2D eigenvalue weighted by Gasteiger charge is 2.09. The normalized spacial score (nSPS) is 17.6. The van der Waals surface area contributed by atoms with E-state index < -0.39 is 0 Å². The lowest BCUT2D eigenvalue weighted by atomic mass is 9.95. The molecule has 0 saturated heterocycles. The topological polar surface area (TPSA) is 12.9 Å². The van der Waals surface area contributed by atoms with E-state index in [-0.39, 0.29) is 0 Å². The van der Waals surface area contributed by atoms with Crippen LogP contribution in [0.2, 0.25) is 0 Å². The monoisotopic (exact) mass is 179 g/mol. The van der Waals surface area contributed by atoms with Crippen molar-refractivity contribution in [2.45, 2.75) is 32.6 Å². The molecule has 0 bridgehead atoms. The average Bonchev–Trinajstić information content (AvgIpc) is 2.53. The fourth-order valence-electron chi connectivity index (χ4n) is 1.69. The average molecular weight is 179 g/mol. The lowest BCUT2D eigenvalue weighted by Crippen LogP contribution is -1.91. The van der Waals surface area contributed by atoms with Crippen molar-refractivity contribution >= 4 is 17.1 Å². The molecule has 0 atom stereocenters. The summed E-state index contributed by atoms with van der Waals surface area (Å²) < 4.78 is 4.20. The lowest BCUT2D eigenvalue weighted by molar-refractivity contribution is 0.742. The molecule has 0 saturated carbocycles. The summed E-state index contributed by atoms with van der Waals surface area (Å²) >= 11 is 1.61. The van der Waals surface area contributed by atoms with E-state index >= 15 is 0 Å². The van der Waals surface area contributed by atoms with Gasteiger partial charge in [-0.3, -0.25) is 0 Å². The van der Waals surface area contributed by atoms with E-state index in [9.17, 15) is 0 Å². The first-order chi connectivity index (χ1) is 5.88. The van der Waals surface area contributed by atoms with Gasteiger partial charge in [0.1, 0.15) is 0 Å². The van der Waals surface area contributed by atoms with Gasteiger partial charge < -0.3 is 0 Å². The molecule has 2 rings (SSSR count). The Balaban J connectivity index is 2.29. The summed E-state index contributed by atoms with van der Waals surface area (Å²) in [5.74, 6) is 0. The van der Waals surface area contributed by atoms with Crippen LogP contribution in [0.3, 0.4) is 0 Å². The van der Waals surface area contributed by atoms with Crippen LogP contribution in [-0.2, 0) is 0 Å².